The van der Waals surface area contributed by atoms with Crippen LogP contribution >= 0.6 is 27.7 Å². The topological polar surface area (TPSA) is 12.0 Å². The molecule has 0 aliphatic carbocycles. The SMILES string of the molecule is CC1(CNCc2cccc(Br)c2)CCCS1. The van der Waals surface area contributed by atoms with Gasteiger partial charge in [-0.2, -0.15) is 11.8 Å². The van der Waals surface area contributed by atoms with Gasteiger partial charge in [-0.3, -0.25) is 0 Å². The third-order valence-electron chi connectivity index (χ3n) is 3.02. The van der Waals surface area contributed by atoms with Crippen molar-refractivity contribution in [1.82, 2.24) is 5.32 Å². The fourth-order valence-corrected chi connectivity index (χ4v) is 3.82. The maximum absolute atomic E-state index is 3.57. The van der Waals surface area contributed by atoms with Crippen LogP contribution in [-0.2, 0) is 6.54 Å². The second kappa shape index (κ2) is 5.56. The third-order valence-corrected chi connectivity index (χ3v) is 5.05. The lowest BCUT2D eigenvalue weighted by Crippen LogP contribution is -2.32. The van der Waals surface area contributed by atoms with Crippen molar-refractivity contribution in [2.45, 2.75) is 31.1 Å². The van der Waals surface area contributed by atoms with Crippen molar-refractivity contribution in [1.29, 1.82) is 0 Å². The Bertz CT molecular complexity index is 348. The first-order valence-electron chi connectivity index (χ1n) is 5.77. The van der Waals surface area contributed by atoms with E-state index in [1.54, 1.807) is 0 Å². The standard InChI is InChI=1S/C13H18BrNS/c1-13(6-3-7-16-13)10-15-9-11-4-2-5-12(14)8-11/h2,4-5,8,15H,3,6-7,9-10H2,1H3. The number of hydrogen-bond acceptors (Lipinski definition) is 2. The summed E-state index contributed by atoms with van der Waals surface area (Å²) in [5.74, 6) is 1.33. The second-order valence-electron chi connectivity index (χ2n) is 4.64. The van der Waals surface area contributed by atoms with E-state index < -0.39 is 0 Å². The Morgan fingerprint density at radius 3 is 3.06 bits per heavy atom. The zero-order valence-corrected chi connectivity index (χ0v) is 12.0. The monoisotopic (exact) mass is 299 g/mol. The summed E-state index contributed by atoms with van der Waals surface area (Å²) in [6.45, 7) is 4.46. The van der Waals surface area contributed by atoms with Crippen LogP contribution in [-0.4, -0.2) is 17.0 Å². The molecule has 1 unspecified atom stereocenters. The minimum Gasteiger partial charge on any atom is -0.311 e. The Hall–Kier alpha value is 0.01000. The van der Waals surface area contributed by atoms with E-state index in [0.717, 1.165) is 17.6 Å². The van der Waals surface area contributed by atoms with Gasteiger partial charge in [0.05, 0.1) is 0 Å². The van der Waals surface area contributed by atoms with Gasteiger partial charge >= 0.3 is 0 Å². The molecule has 0 bridgehead atoms. The van der Waals surface area contributed by atoms with Gasteiger partial charge in [-0.15, -0.1) is 0 Å². The van der Waals surface area contributed by atoms with Crippen molar-refractivity contribution in [2.24, 2.45) is 0 Å². The summed E-state index contributed by atoms with van der Waals surface area (Å²) in [5.41, 5.74) is 1.35. The van der Waals surface area contributed by atoms with E-state index in [9.17, 15) is 0 Å². The molecule has 88 valence electrons. The average Bonchev–Trinajstić information content (AvgIpc) is 2.65. The lowest BCUT2D eigenvalue weighted by atomic mass is 10.1. The van der Waals surface area contributed by atoms with Crippen LogP contribution in [0, 0.1) is 0 Å². The molecule has 0 radical (unpaired) electrons. The van der Waals surface area contributed by atoms with Crippen molar-refractivity contribution < 1.29 is 0 Å². The Morgan fingerprint density at radius 2 is 2.38 bits per heavy atom. The maximum Gasteiger partial charge on any atom is 0.0256 e. The fourth-order valence-electron chi connectivity index (χ4n) is 2.09. The lowest BCUT2D eigenvalue weighted by molar-refractivity contribution is 0.537. The highest BCUT2D eigenvalue weighted by Gasteiger charge is 2.28. The fraction of sp³-hybridized carbons (Fsp3) is 0.538. The molecule has 0 amide bonds. The van der Waals surface area contributed by atoms with Gasteiger partial charge < -0.3 is 5.32 Å². The van der Waals surface area contributed by atoms with Gasteiger partial charge in [-0.1, -0.05) is 28.1 Å². The van der Waals surface area contributed by atoms with E-state index in [0.29, 0.717) is 4.75 Å². The van der Waals surface area contributed by atoms with Crippen molar-refractivity contribution in [3.63, 3.8) is 0 Å². The van der Waals surface area contributed by atoms with Crippen LogP contribution < -0.4 is 5.32 Å². The van der Waals surface area contributed by atoms with Gasteiger partial charge in [0.2, 0.25) is 0 Å². The number of nitrogens with one attached hydrogen (secondary N) is 1. The van der Waals surface area contributed by atoms with E-state index in [-0.39, 0.29) is 0 Å². The molecule has 1 fully saturated rings. The van der Waals surface area contributed by atoms with Crippen LogP contribution in [0.25, 0.3) is 0 Å². The molecule has 3 heteroatoms. The van der Waals surface area contributed by atoms with Crippen molar-refractivity contribution in [3.05, 3.63) is 34.3 Å². The maximum atomic E-state index is 3.57. The lowest BCUT2D eigenvalue weighted by Gasteiger charge is -2.23. The second-order valence-corrected chi connectivity index (χ2v) is 7.23. The first-order chi connectivity index (χ1) is 7.68. The summed E-state index contributed by atoms with van der Waals surface area (Å²) >= 11 is 5.61. The molecule has 16 heavy (non-hydrogen) atoms. The summed E-state index contributed by atoms with van der Waals surface area (Å²) in [7, 11) is 0. The molecule has 1 heterocycles. The number of thioether (sulfide) groups is 1. The third kappa shape index (κ3) is 3.51. The molecule has 1 aromatic carbocycles. The van der Waals surface area contributed by atoms with E-state index in [1.807, 2.05) is 0 Å². The van der Waals surface area contributed by atoms with Crippen LogP contribution in [0.5, 0.6) is 0 Å². The molecule has 0 aromatic heterocycles. The summed E-state index contributed by atoms with van der Waals surface area (Å²) < 4.78 is 1.62. The summed E-state index contributed by atoms with van der Waals surface area (Å²) in [4.78, 5) is 0. The van der Waals surface area contributed by atoms with Crippen molar-refractivity contribution in [3.8, 4) is 0 Å². The Balaban J connectivity index is 1.79. The molecule has 1 aliphatic rings. The molecule has 0 saturated carbocycles. The summed E-state index contributed by atoms with van der Waals surface area (Å²) in [5, 5.41) is 3.57. The van der Waals surface area contributed by atoms with Crippen LogP contribution in [0.2, 0.25) is 0 Å². The Morgan fingerprint density at radius 1 is 1.50 bits per heavy atom. The molecule has 1 nitrogen and oxygen atoms in total. The van der Waals surface area contributed by atoms with Crippen LogP contribution in [0.15, 0.2) is 28.7 Å². The van der Waals surface area contributed by atoms with Gasteiger partial charge in [0.15, 0.2) is 0 Å². The van der Waals surface area contributed by atoms with Crippen LogP contribution in [0.4, 0.5) is 0 Å². The average molecular weight is 300 g/mol. The minimum atomic E-state index is 0.464. The molecular weight excluding hydrogens is 282 g/mol. The highest BCUT2D eigenvalue weighted by atomic mass is 79.9. The minimum absolute atomic E-state index is 0.464. The van der Waals surface area contributed by atoms with E-state index in [1.165, 1.54) is 24.2 Å². The van der Waals surface area contributed by atoms with Gasteiger partial charge in [-0.25, -0.2) is 0 Å². The molecule has 1 N–H and O–H groups in total. The quantitative estimate of drug-likeness (QED) is 0.907. The number of rotatable bonds is 4. The van der Waals surface area contributed by atoms with E-state index in [2.05, 4.69) is 64.2 Å². The normalized spacial score (nSPS) is 24.9. The Labute approximate surface area is 111 Å². The summed E-state index contributed by atoms with van der Waals surface area (Å²) in [6.07, 6.45) is 2.73. The first-order valence-corrected chi connectivity index (χ1v) is 7.55. The molecule has 1 saturated heterocycles. The van der Waals surface area contributed by atoms with E-state index in [4.69, 9.17) is 0 Å². The molecule has 1 aliphatic heterocycles. The number of hydrogen-bond donors (Lipinski definition) is 1. The van der Waals surface area contributed by atoms with Gasteiger partial charge in [-0.05, 0) is 43.2 Å². The van der Waals surface area contributed by atoms with Gasteiger partial charge in [0, 0.05) is 22.3 Å². The van der Waals surface area contributed by atoms with Gasteiger partial charge in [0.1, 0.15) is 0 Å². The highest BCUT2D eigenvalue weighted by molar-refractivity contribution is 9.10. The first kappa shape index (κ1) is 12.5. The van der Waals surface area contributed by atoms with E-state index >= 15 is 0 Å². The number of halogens is 1. The molecular formula is C13H18BrNS. The predicted molar refractivity (Wildman–Crippen MR) is 75.9 cm³/mol. The number of benzene rings is 1. The van der Waals surface area contributed by atoms with Crippen LogP contribution in [0.3, 0.4) is 0 Å². The van der Waals surface area contributed by atoms with Crippen LogP contribution in [0.1, 0.15) is 25.3 Å². The largest absolute Gasteiger partial charge is 0.311 e. The molecule has 2 rings (SSSR count). The Kier molecular flexibility index (Phi) is 4.34. The molecule has 1 aromatic rings. The van der Waals surface area contributed by atoms with Crippen molar-refractivity contribution in [2.75, 3.05) is 12.3 Å². The zero-order valence-electron chi connectivity index (χ0n) is 9.63. The smallest absolute Gasteiger partial charge is 0.0256 e. The van der Waals surface area contributed by atoms with Gasteiger partial charge in [0.25, 0.3) is 0 Å². The predicted octanol–water partition coefficient (Wildman–Crippen LogP) is 3.82. The summed E-state index contributed by atoms with van der Waals surface area (Å²) in [6, 6.07) is 8.50. The zero-order chi connectivity index (χ0) is 11.4. The molecule has 1 atom stereocenters. The van der Waals surface area contributed by atoms with Crippen molar-refractivity contribution >= 4 is 27.7 Å². The molecule has 0 spiro atoms. The highest BCUT2D eigenvalue weighted by Crippen LogP contribution is 2.36.